The fraction of sp³-hybridized carbons (Fsp3) is 0.929. The lowest BCUT2D eigenvalue weighted by Gasteiger charge is -2.35. The third-order valence-electron chi connectivity index (χ3n) is 4.46. The monoisotopic (exact) mass is 237 g/mol. The van der Waals surface area contributed by atoms with Crippen LogP contribution in [0, 0.1) is 0 Å². The van der Waals surface area contributed by atoms with Crippen LogP contribution in [0.1, 0.15) is 51.9 Å². The zero-order valence-corrected chi connectivity index (χ0v) is 11.1. The van der Waals surface area contributed by atoms with Gasteiger partial charge in [0.15, 0.2) is 5.78 Å². The summed E-state index contributed by atoms with van der Waals surface area (Å²) >= 11 is 0. The van der Waals surface area contributed by atoms with E-state index in [1.807, 2.05) is 0 Å². The topological polar surface area (TPSA) is 37.1 Å². The Morgan fingerprint density at radius 1 is 1.00 bits per heavy atom. The maximum Gasteiger partial charge on any atom is 0.206 e. The molecule has 0 spiro atoms. The second kappa shape index (κ2) is 5.96. The van der Waals surface area contributed by atoms with Crippen LogP contribution in [0.3, 0.4) is 0 Å². The number of rotatable bonds is 1. The number of Topliss-reactive ketones (excluding diaryl/α,β-unsaturated/α-hetero) is 1. The van der Waals surface area contributed by atoms with Crippen LogP contribution in [-0.2, 0) is 4.79 Å². The van der Waals surface area contributed by atoms with Crippen LogP contribution in [0.4, 0.5) is 0 Å². The Balaban J connectivity index is 0.000000136. The van der Waals surface area contributed by atoms with Crippen molar-refractivity contribution in [2.24, 2.45) is 0 Å². The van der Waals surface area contributed by atoms with Crippen molar-refractivity contribution in [2.45, 2.75) is 57.4 Å². The lowest BCUT2D eigenvalue weighted by atomic mass is 9.82. The quantitative estimate of drug-likeness (QED) is 0.641. The van der Waals surface area contributed by atoms with Gasteiger partial charge >= 0.3 is 0 Å². The van der Waals surface area contributed by atoms with Gasteiger partial charge in [-0.15, -0.1) is 0 Å². The molecule has 0 saturated carbocycles. The van der Waals surface area contributed by atoms with Gasteiger partial charge in [0, 0.05) is 32.9 Å². The number of hydrogen-bond donors (Lipinski definition) is 0. The average Bonchev–Trinajstić information content (AvgIpc) is 2.52. The van der Waals surface area contributed by atoms with Crippen LogP contribution in [0.2, 0.25) is 0 Å². The van der Waals surface area contributed by atoms with Crippen LogP contribution in [0.25, 0.3) is 0 Å². The van der Waals surface area contributed by atoms with Gasteiger partial charge in [-0.1, -0.05) is 12.8 Å². The standard InChI is InChI=1S/C8H13NO.C6H12N/c1-7(10)8-3-2-5-9(8)6-4-8;1-2-4-6-7-5-3-1/h2-6H2,1H3;1-6H2/q+1;. The van der Waals surface area contributed by atoms with Crippen LogP contribution in [-0.4, -0.2) is 37.5 Å². The van der Waals surface area contributed by atoms with E-state index in [-0.39, 0.29) is 5.54 Å². The van der Waals surface area contributed by atoms with Crippen molar-refractivity contribution in [3.05, 3.63) is 0 Å². The lowest BCUT2D eigenvalue weighted by Crippen LogP contribution is -2.63. The van der Waals surface area contributed by atoms with Crippen LogP contribution >= 0.6 is 0 Å². The zero-order valence-electron chi connectivity index (χ0n) is 11.1. The summed E-state index contributed by atoms with van der Waals surface area (Å²) in [6, 6.07) is 0. The molecular weight excluding hydrogens is 212 g/mol. The fourth-order valence-electron chi connectivity index (χ4n) is 3.20. The van der Waals surface area contributed by atoms with Gasteiger partial charge in [0.1, 0.15) is 13.1 Å². The number of carbonyl (C=O) groups is 1. The van der Waals surface area contributed by atoms with Crippen LogP contribution < -0.4 is 10.2 Å². The first-order valence-electron chi connectivity index (χ1n) is 7.15. The second-order valence-electron chi connectivity index (χ2n) is 5.51. The minimum absolute atomic E-state index is 0.0278. The summed E-state index contributed by atoms with van der Waals surface area (Å²) in [5, 5.41) is 4.27. The van der Waals surface area contributed by atoms with E-state index in [1.54, 1.807) is 6.92 Å². The predicted molar refractivity (Wildman–Crippen MR) is 69.5 cm³/mol. The van der Waals surface area contributed by atoms with Crippen molar-refractivity contribution in [1.82, 2.24) is 10.2 Å². The highest BCUT2D eigenvalue weighted by Gasteiger charge is 2.61. The van der Waals surface area contributed by atoms with Gasteiger partial charge in [-0.2, -0.15) is 4.90 Å². The van der Waals surface area contributed by atoms with E-state index in [2.05, 4.69) is 10.2 Å². The molecule has 3 heteroatoms. The molecule has 3 fully saturated rings. The summed E-state index contributed by atoms with van der Waals surface area (Å²) in [4.78, 5) is 13.5. The van der Waals surface area contributed by atoms with Crippen molar-refractivity contribution in [1.29, 1.82) is 0 Å². The second-order valence-corrected chi connectivity index (χ2v) is 5.51. The summed E-state index contributed by atoms with van der Waals surface area (Å²) in [7, 11) is 0. The largest absolute Gasteiger partial charge is 0.293 e. The zero-order chi connectivity index (χ0) is 12.1. The highest BCUT2D eigenvalue weighted by atomic mass is 16.1. The molecular formula is C14H25N2O+. The number of fused-ring (bicyclic) bond motifs is 1. The first-order chi connectivity index (χ1) is 8.26. The smallest absolute Gasteiger partial charge is 0.206 e. The van der Waals surface area contributed by atoms with E-state index < -0.39 is 0 Å². The molecule has 3 heterocycles. The Bertz CT molecular complexity index is 247. The first kappa shape index (κ1) is 13.0. The van der Waals surface area contributed by atoms with E-state index in [1.165, 1.54) is 32.1 Å². The normalized spacial score (nSPS) is 32.8. The van der Waals surface area contributed by atoms with E-state index in [4.69, 9.17) is 0 Å². The minimum atomic E-state index is 0.0278. The van der Waals surface area contributed by atoms with Crippen molar-refractivity contribution < 1.29 is 4.79 Å². The average molecular weight is 237 g/mol. The summed E-state index contributed by atoms with van der Waals surface area (Å²) < 4.78 is 0. The summed E-state index contributed by atoms with van der Waals surface area (Å²) in [6.45, 7) is 6.29. The molecule has 17 heavy (non-hydrogen) atoms. The van der Waals surface area contributed by atoms with Gasteiger partial charge in [0.25, 0.3) is 0 Å². The lowest BCUT2D eigenvalue weighted by molar-refractivity contribution is -0.128. The molecule has 0 bridgehead atoms. The molecule has 96 valence electrons. The van der Waals surface area contributed by atoms with Crippen molar-refractivity contribution in [2.75, 3.05) is 26.2 Å². The van der Waals surface area contributed by atoms with Crippen molar-refractivity contribution >= 4 is 5.78 Å². The number of nitrogens with zero attached hydrogens (tertiary/aromatic N) is 2. The van der Waals surface area contributed by atoms with Crippen LogP contribution in [0.15, 0.2) is 0 Å². The van der Waals surface area contributed by atoms with Gasteiger partial charge in [-0.3, -0.25) is 4.79 Å². The molecule has 3 rings (SSSR count). The van der Waals surface area contributed by atoms with E-state index >= 15 is 0 Å². The Labute approximate surface area is 105 Å². The molecule has 2 radical (unpaired) electrons. The highest BCUT2D eigenvalue weighted by Crippen LogP contribution is 2.38. The Kier molecular flexibility index (Phi) is 4.57. The minimum Gasteiger partial charge on any atom is -0.293 e. The van der Waals surface area contributed by atoms with E-state index in [0.717, 1.165) is 39.0 Å². The predicted octanol–water partition coefficient (Wildman–Crippen LogP) is 1.82. The Hall–Kier alpha value is -0.410. The molecule has 0 aromatic rings. The van der Waals surface area contributed by atoms with Crippen LogP contribution in [0.5, 0.6) is 0 Å². The molecule has 0 aliphatic carbocycles. The van der Waals surface area contributed by atoms with E-state index in [0.29, 0.717) is 5.78 Å². The van der Waals surface area contributed by atoms with Gasteiger partial charge in [0.05, 0.1) is 6.42 Å². The number of carbonyl (C=O) groups excluding carboxylic acids is 1. The van der Waals surface area contributed by atoms with Gasteiger partial charge in [0.2, 0.25) is 5.54 Å². The Morgan fingerprint density at radius 3 is 2.12 bits per heavy atom. The summed E-state index contributed by atoms with van der Waals surface area (Å²) in [5.41, 5.74) is 0.0278. The molecule has 0 N–H and O–H groups in total. The van der Waals surface area contributed by atoms with Crippen molar-refractivity contribution in [3.63, 3.8) is 0 Å². The van der Waals surface area contributed by atoms with Gasteiger partial charge < -0.3 is 0 Å². The molecule has 3 saturated heterocycles. The highest BCUT2D eigenvalue weighted by molar-refractivity contribution is 5.88. The Morgan fingerprint density at radius 2 is 1.71 bits per heavy atom. The van der Waals surface area contributed by atoms with Crippen molar-refractivity contribution in [3.8, 4) is 0 Å². The molecule has 3 aliphatic rings. The maximum atomic E-state index is 11.2. The number of hydrogen-bond acceptors (Lipinski definition) is 2. The first-order valence-corrected chi connectivity index (χ1v) is 7.15. The summed E-state index contributed by atoms with van der Waals surface area (Å²) in [6.07, 6.45) is 8.93. The third-order valence-corrected chi connectivity index (χ3v) is 4.46. The molecule has 0 aromatic heterocycles. The summed E-state index contributed by atoms with van der Waals surface area (Å²) in [5.74, 6) is 0.385. The molecule has 3 nitrogen and oxygen atoms in total. The molecule has 3 aliphatic heterocycles. The van der Waals surface area contributed by atoms with Gasteiger partial charge in [-0.25, -0.2) is 5.32 Å². The molecule has 1 unspecified atom stereocenters. The maximum absolute atomic E-state index is 11.2. The fourth-order valence-corrected chi connectivity index (χ4v) is 3.20. The third kappa shape index (κ3) is 2.89. The van der Waals surface area contributed by atoms with Gasteiger partial charge in [-0.05, 0) is 12.8 Å². The molecule has 0 amide bonds. The molecule has 1 atom stereocenters. The van der Waals surface area contributed by atoms with E-state index in [9.17, 15) is 4.79 Å². The number of ketones is 1. The SMILES string of the molecule is C1CCC[N]CC1.CC(=O)C12CCC[N+]1CC2. The molecule has 0 aromatic carbocycles.